The first-order chi connectivity index (χ1) is 12.3. The maximum absolute atomic E-state index is 6.14. The number of fused-ring (bicyclic) bond motifs is 4. The minimum atomic E-state index is 0.109. The topological polar surface area (TPSA) is 43.2 Å². The SMILES string of the molecule is C1COC(C2(SC3(C4=NCCO4)CC4CCC3C4)CC3CCC2C3)=N1. The zero-order valence-electron chi connectivity index (χ0n) is 14.9. The van der Waals surface area contributed by atoms with Gasteiger partial charge < -0.3 is 9.47 Å². The lowest BCUT2D eigenvalue weighted by Gasteiger charge is -2.46. The van der Waals surface area contributed by atoms with E-state index in [1.807, 2.05) is 0 Å². The summed E-state index contributed by atoms with van der Waals surface area (Å²) in [4.78, 5) is 9.73. The molecule has 0 aromatic carbocycles. The number of thioether (sulfide) groups is 1. The van der Waals surface area contributed by atoms with Crippen LogP contribution in [0.2, 0.25) is 0 Å². The highest BCUT2D eigenvalue weighted by Crippen LogP contribution is 2.67. The lowest BCUT2D eigenvalue weighted by Crippen LogP contribution is -2.50. The average Bonchev–Trinajstić information content (AvgIpc) is 3.47. The summed E-state index contributed by atoms with van der Waals surface area (Å²) >= 11 is 2.22. The fourth-order valence-electron chi connectivity index (χ4n) is 6.93. The molecule has 4 bridgehead atoms. The van der Waals surface area contributed by atoms with E-state index >= 15 is 0 Å². The van der Waals surface area contributed by atoms with Crippen LogP contribution in [0.15, 0.2) is 9.98 Å². The van der Waals surface area contributed by atoms with E-state index in [0.29, 0.717) is 0 Å². The molecule has 2 aliphatic heterocycles. The van der Waals surface area contributed by atoms with Crippen LogP contribution < -0.4 is 0 Å². The summed E-state index contributed by atoms with van der Waals surface area (Å²) in [7, 11) is 0. The predicted octanol–water partition coefficient (Wildman–Crippen LogP) is 3.69. The Morgan fingerprint density at radius 3 is 1.60 bits per heavy atom. The van der Waals surface area contributed by atoms with Gasteiger partial charge in [-0.1, -0.05) is 12.8 Å². The van der Waals surface area contributed by atoms with Crippen LogP contribution in [0.25, 0.3) is 0 Å². The van der Waals surface area contributed by atoms with Gasteiger partial charge in [-0.05, 0) is 62.2 Å². The Bertz CT molecular complexity index is 596. The summed E-state index contributed by atoms with van der Waals surface area (Å²) in [6.07, 6.45) is 10.9. The number of aliphatic imine (C=N–C) groups is 2. The van der Waals surface area contributed by atoms with Crippen LogP contribution in [0.4, 0.5) is 0 Å². The zero-order valence-corrected chi connectivity index (χ0v) is 15.7. The summed E-state index contributed by atoms with van der Waals surface area (Å²) in [6, 6.07) is 0. The van der Waals surface area contributed by atoms with Crippen LogP contribution in [0.1, 0.15) is 51.4 Å². The molecule has 4 saturated carbocycles. The third kappa shape index (κ3) is 2.08. The van der Waals surface area contributed by atoms with E-state index in [9.17, 15) is 0 Å². The summed E-state index contributed by atoms with van der Waals surface area (Å²) in [5, 5.41) is 0. The number of nitrogens with zero attached hydrogens (tertiary/aromatic N) is 2. The van der Waals surface area contributed by atoms with Crippen molar-refractivity contribution in [2.45, 2.75) is 60.9 Å². The Hall–Kier alpha value is -0.710. The van der Waals surface area contributed by atoms with Gasteiger partial charge in [0.1, 0.15) is 13.2 Å². The molecule has 4 nitrogen and oxygen atoms in total. The molecule has 6 unspecified atom stereocenters. The van der Waals surface area contributed by atoms with Gasteiger partial charge in [-0.3, -0.25) is 9.98 Å². The molecule has 0 saturated heterocycles. The maximum Gasteiger partial charge on any atom is 0.200 e. The van der Waals surface area contributed by atoms with Crippen molar-refractivity contribution < 1.29 is 9.47 Å². The second-order valence-corrected chi connectivity index (χ2v) is 10.8. The molecule has 6 aliphatic rings. The highest BCUT2D eigenvalue weighted by molar-refractivity contribution is 8.03. The molecule has 4 fully saturated rings. The van der Waals surface area contributed by atoms with Crippen LogP contribution in [0.3, 0.4) is 0 Å². The first-order valence-electron chi connectivity index (χ1n) is 10.3. The molecule has 6 atom stereocenters. The third-order valence-electron chi connectivity index (χ3n) is 7.84. The van der Waals surface area contributed by atoms with E-state index < -0.39 is 0 Å². The molecular weight excluding hydrogens is 332 g/mol. The molecule has 136 valence electrons. The van der Waals surface area contributed by atoms with E-state index in [0.717, 1.165) is 61.8 Å². The van der Waals surface area contributed by atoms with Crippen molar-refractivity contribution in [1.29, 1.82) is 0 Å². The second kappa shape index (κ2) is 5.40. The van der Waals surface area contributed by atoms with Crippen molar-refractivity contribution in [3.63, 3.8) is 0 Å². The van der Waals surface area contributed by atoms with Gasteiger partial charge in [0, 0.05) is 0 Å². The molecule has 0 amide bonds. The molecule has 6 rings (SSSR count). The summed E-state index contributed by atoms with van der Waals surface area (Å²) < 4.78 is 12.5. The van der Waals surface area contributed by atoms with Crippen molar-refractivity contribution in [2.75, 3.05) is 26.3 Å². The van der Waals surface area contributed by atoms with Crippen LogP contribution in [-0.4, -0.2) is 47.6 Å². The van der Waals surface area contributed by atoms with Gasteiger partial charge in [0.2, 0.25) is 0 Å². The smallest absolute Gasteiger partial charge is 0.200 e. The van der Waals surface area contributed by atoms with Crippen molar-refractivity contribution in [3.8, 4) is 0 Å². The number of rotatable bonds is 4. The molecule has 0 radical (unpaired) electrons. The quantitative estimate of drug-likeness (QED) is 0.768. The molecule has 0 spiro atoms. The predicted molar refractivity (Wildman–Crippen MR) is 100 cm³/mol. The molecule has 25 heavy (non-hydrogen) atoms. The normalized spacial score (nSPS) is 50.1. The van der Waals surface area contributed by atoms with Gasteiger partial charge in [0.05, 0.1) is 22.6 Å². The number of ether oxygens (including phenoxy) is 2. The standard InChI is InChI=1S/C20H28N2O2S/c1-3-15-9-13(1)11-19(15,17-21-5-7-23-17)25-20(18-22-6-8-24-18)12-14-2-4-16(20)10-14/h13-16H,1-12H2. The monoisotopic (exact) mass is 360 g/mol. The molecule has 5 heteroatoms. The van der Waals surface area contributed by atoms with Crippen LogP contribution in [-0.2, 0) is 9.47 Å². The maximum atomic E-state index is 6.14. The fourth-order valence-corrected chi connectivity index (χ4v) is 9.40. The van der Waals surface area contributed by atoms with E-state index in [2.05, 4.69) is 11.8 Å². The first kappa shape index (κ1) is 15.4. The van der Waals surface area contributed by atoms with Gasteiger partial charge in [-0.25, -0.2) is 0 Å². The van der Waals surface area contributed by atoms with E-state index in [1.165, 1.54) is 51.4 Å². The van der Waals surface area contributed by atoms with E-state index in [-0.39, 0.29) is 9.49 Å². The summed E-state index contributed by atoms with van der Waals surface area (Å²) in [5.74, 6) is 5.43. The lowest BCUT2D eigenvalue weighted by atomic mass is 9.86. The molecule has 0 N–H and O–H groups in total. The highest BCUT2D eigenvalue weighted by Gasteiger charge is 2.65. The lowest BCUT2D eigenvalue weighted by molar-refractivity contribution is 0.294. The van der Waals surface area contributed by atoms with Gasteiger partial charge in [0.15, 0.2) is 11.8 Å². The summed E-state index contributed by atoms with van der Waals surface area (Å²) in [5.41, 5.74) is 0. The van der Waals surface area contributed by atoms with Crippen molar-refractivity contribution >= 4 is 23.6 Å². The summed E-state index contributed by atoms with van der Waals surface area (Å²) in [6.45, 7) is 3.27. The highest BCUT2D eigenvalue weighted by atomic mass is 32.2. The fraction of sp³-hybridized carbons (Fsp3) is 0.900. The molecule has 0 aromatic rings. The average molecular weight is 361 g/mol. The Labute approximate surface area is 154 Å². The van der Waals surface area contributed by atoms with Gasteiger partial charge in [-0.2, -0.15) is 0 Å². The van der Waals surface area contributed by atoms with Gasteiger partial charge >= 0.3 is 0 Å². The zero-order chi connectivity index (χ0) is 16.5. The number of hydrogen-bond donors (Lipinski definition) is 0. The van der Waals surface area contributed by atoms with Crippen molar-refractivity contribution in [3.05, 3.63) is 0 Å². The Morgan fingerprint density at radius 1 is 0.760 bits per heavy atom. The number of hydrogen-bond acceptors (Lipinski definition) is 5. The van der Waals surface area contributed by atoms with Gasteiger partial charge in [0.25, 0.3) is 0 Å². The molecule has 4 aliphatic carbocycles. The van der Waals surface area contributed by atoms with Crippen LogP contribution in [0, 0.1) is 23.7 Å². The van der Waals surface area contributed by atoms with Gasteiger partial charge in [-0.15, -0.1) is 11.8 Å². The Kier molecular flexibility index (Phi) is 3.32. The van der Waals surface area contributed by atoms with E-state index in [4.69, 9.17) is 19.5 Å². The third-order valence-corrected chi connectivity index (χ3v) is 9.92. The minimum Gasteiger partial charge on any atom is -0.478 e. The Balaban J connectivity index is 1.42. The first-order valence-corrected chi connectivity index (χ1v) is 11.2. The van der Waals surface area contributed by atoms with Crippen molar-refractivity contribution in [2.24, 2.45) is 33.7 Å². The van der Waals surface area contributed by atoms with Crippen LogP contribution in [0.5, 0.6) is 0 Å². The van der Waals surface area contributed by atoms with E-state index in [1.54, 1.807) is 0 Å². The largest absolute Gasteiger partial charge is 0.478 e. The Morgan fingerprint density at radius 2 is 1.28 bits per heavy atom. The molecular formula is C20H28N2O2S. The minimum absolute atomic E-state index is 0.109. The van der Waals surface area contributed by atoms with Crippen LogP contribution >= 0.6 is 11.8 Å². The second-order valence-electron chi connectivity index (χ2n) is 9.11. The molecule has 2 heterocycles. The molecule has 0 aromatic heterocycles. The van der Waals surface area contributed by atoms with Crippen molar-refractivity contribution in [1.82, 2.24) is 0 Å².